The lowest BCUT2D eigenvalue weighted by Gasteiger charge is -2.67. The van der Waals surface area contributed by atoms with Gasteiger partial charge >= 0.3 is 47.8 Å². The van der Waals surface area contributed by atoms with E-state index < -0.39 is 161 Å². The molecule has 0 unspecified atom stereocenters. The molecule has 382 valence electrons. The summed E-state index contributed by atoms with van der Waals surface area (Å²) in [5.74, 6) is -14.8. The molecule has 21 nitrogen and oxygen atoms in total. The Bertz CT molecular complexity index is 2500. The first-order valence-electron chi connectivity index (χ1n) is 23.1. The van der Waals surface area contributed by atoms with E-state index in [2.05, 4.69) is 4.98 Å². The van der Waals surface area contributed by atoms with Crippen LogP contribution in [0, 0.1) is 35.0 Å². The van der Waals surface area contributed by atoms with Crippen LogP contribution < -0.4 is 5.56 Å². The molecule has 2 saturated carbocycles. The number of pyridine rings is 2. The standard InChI is InChI=1S/C49H62N2O19/c1-22(2)40(55)63-21-48-38(68-41(56)23(3)4)34(64-27(9)52)33-36(65-28(10)53)49(48)47(12,61)37(35(39(48)69-42(57)24(5)6)66-44(59)29-14-15-32(54)51(13)19-29)67-43(58)26(8)25(7)30-16-17-50-18-31(30)45(60)62-20-46(33,11)70-49/h14-19,22-26,33-39,61H,20-21H2,1-13H3/t25-,26-,33+,34+,35-,36+,37-,38+,39-,46-,47-,48+,49-/m0/s1. The Kier molecular flexibility index (Phi) is 14.8. The average Bonchev–Trinajstić information content (AvgIpc) is 3.50. The molecule has 2 aromatic rings. The maximum Gasteiger partial charge on any atom is 0.340 e. The van der Waals surface area contributed by atoms with Crippen molar-refractivity contribution in [3.05, 3.63) is 63.8 Å². The van der Waals surface area contributed by atoms with Crippen LogP contribution in [-0.2, 0) is 78.4 Å². The summed E-state index contributed by atoms with van der Waals surface area (Å²) in [6.45, 7) is 14.5. The number of carbonyl (C=O) groups excluding carboxylic acids is 8. The molecule has 0 amide bonds. The minimum Gasteiger partial charge on any atom is -0.464 e. The third kappa shape index (κ3) is 8.94. The Morgan fingerprint density at radius 3 is 1.93 bits per heavy atom. The number of ether oxygens (including phenoxy) is 9. The van der Waals surface area contributed by atoms with Crippen LogP contribution >= 0.6 is 0 Å². The van der Waals surface area contributed by atoms with Gasteiger partial charge in [0.05, 0.1) is 40.7 Å². The lowest BCUT2D eigenvalue weighted by atomic mass is 9.45. The zero-order valence-corrected chi connectivity index (χ0v) is 41.5. The Morgan fingerprint density at radius 2 is 1.37 bits per heavy atom. The second-order valence-electron chi connectivity index (χ2n) is 20.0. The van der Waals surface area contributed by atoms with Crippen molar-refractivity contribution in [2.45, 2.75) is 142 Å². The first-order valence-corrected chi connectivity index (χ1v) is 23.1. The van der Waals surface area contributed by atoms with E-state index in [1.54, 1.807) is 6.92 Å². The van der Waals surface area contributed by atoms with Gasteiger partial charge < -0.3 is 52.3 Å². The van der Waals surface area contributed by atoms with E-state index in [0.717, 1.165) is 43.7 Å². The van der Waals surface area contributed by atoms with E-state index in [9.17, 15) is 48.3 Å². The summed E-state index contributed by atoms with van der Waals surface area (Å²) in [6, 6.07) is 3.70. The predicted molar refractivity (Wildman–Crippen MR) is 238 cm³/mol. The predicted octanol–water partition coefficient (Wildman–Crippen LogP) is 2.93. The molecule has 21 heteroatoms. The maximum absolute atomic E-state index is 14.9. The second-order valence-corrected chi connectivity index (χ2v) is 20.0. The molecule has 0 radical (unpaired) electrons. The molecule has 2 aliphatic carbocycles. The zero-order valence-electron chi connectivity index (χ0n) is 41.5. The number of cyclic esters (lactones) is 1. The van der Waals surface area contributed by atoms with E-state index in [4.69, 9.17) is 42.6 Å². The monoisotopic (exact) mass is 982 g/mol. The van der Waals surface area contributed by atoms with Crippen molar-refractivity contribution in [1.29, 1.82) is 0 Å². The van der Waals surface area contributed by atoms with Gasteiger partial charge in [-0.1, -0.05) is 55.4 Å². The molecule has 4 bridgehead atoms. The summed E-state index contributed by atoms with van der Waals surface area (Å²) in [5, 5.41) is 14.0. The molecular formula is C49H62N2O19. The molecule has 70 heavy (non-hydrogen) atoms. The molecule has 0 aromatic carbocycles. The molecule has 4 aliphatic rings. The molecule has 2 aromatic heterocycles. The van der Waals surface area contributed by atoms with E-state index >= 15 is 0 Å². The molecule has 6 rings (SSSR count). The quantitative estimate of drug-likeness (QED) is 0.250. The van der Waals surface area contributed by atoms with E-state index in [1.165, 1.54) is 80.9 Å². The molecule has 1 N–H and O–H groups in total. The van der Waals surface area contributed by atoms with Crippen LogP contribution in [0.15, 0.2) is 41.6 Å². The van der Waals surface area contributed by atoms with Crippen molar-refractivity contribution < 1.29 is 86.1 Å². The number of carbonyl (C=O) groups is 8. The summed E-state index contributed by atoms with van der Waals surface area (Å²) < 4.78 is 58.4. The summed E-state index contributed by atoms with van der Waals surface area (Å²) in [7, 11) is 1.36. The van der Waals surface area contributed by atoms with Crippen LogP contribution in [0.2, 0.25) is 0 Å². The highest BCUT2D eigenvalue weighted by atomic mass is 16.7. The van der Waals surface area contributed by atoms with Crippen LogP contribution in [0.5, 0.6) is 0 Å². The molecule has 1 saturated heterocycles. The van der Waals surface area contributed by atoms with Gasteiger partial charge in [-0.2, -0.15) is 0 Å². The van der Waals surface area contributed by atoms with Gasteiger partial charge in [-0.15, -0.1) is 0 Å². The molecule has 3 fully saturated rings. The second kappa shape index (κ2) is 19.5. The number of rotatable bonds is 11. The minimum absolute atomic E-state index is 0.0712. The van der Waals surface area contributed by atoms with Gasteiger partial charge in [0.25, 0.3) is 0 Å². The fourth-order valence-corrected chi connectivity index (χ4v) is 10.3. The van der Waals surface area contributed by atoms with Gasteiger partial charge in [0, 0.05) is 45.6 Å². The van der Waals surface area contributed by atoms with E-state index in [1.807, 2.05) is 0 Å². The summed E-state index contributed by atoms with van der Waals surface area (Å²) in [4.78, 5) is 131. The average molecular weight is 983 g/mol. The summed E-state index contributed by atoms with van der Waals surface area (Å²) in [6.07, 6.45) is -8.99. The highest BCUT2D eigenvalue weighted by Crippen LogP contribution is 2.70. The fourth-order valence-electron chi connectivity index (χ4n) is 10.3. The molecule has 13 atom stereocenters. The molecule has 2 aliphatic heterocycles. The van der Waals surface area contributed by atoms with Gasteiger partial charge in [-0.3, -0.25) is 38.5 Å². The number of aromatic nitrogens is 2. The van der Waals surface area contributed by atoms with Gasteiger partial charge in [0.1, 0.15) is 42.0 Å². The van der Waals surface area contributed by atoms with E-state index in [0.29, 0.717) is 0 Å². The van der Waals surface area contributed by atoms with Crippen molar-refractivity contribution in [2.75, 3.05) is 13.2 Å². The van der Waals surface area contributed by atoms with Crippen LogP contribution in [0.4, 0.5) is 0 Å². The van der Waals surface area contributed by atoms with Crippen LogP contribution in [0.25, 0.3) is 0 Å². The summed E-state index contributed by atoms with van der Waals surface area (Å²) in [5.41, 5.74) is -11.3. The number of esters is 8. The smallest absolute Gasteiger partial charge is 0.340 e. The SMILES string of the molecule is CC(=O)O[C@@H]1[C@@H]2[C@@H](OC(C)=O)[C@@]34O[C@@]2(C)COC(=O)c2cnccc2[C@@H](C)[C@H](C)C(=O)O[C@@H]([C@H](OC(=O)c2ccc(=O)n(C)c2)[C@H](OC(=O)C(C)C)[C@@]3(COC(=O)C(C)C)[C@@H]1OC(=O)C(C)C)[C@]4(C)O. The van der Waals surface area contributed by atoms with Gasteiger partial charge in [0.15, 0.2) is 30.0 Å². The number of nitrogens with zero attached hydrogens (tertiary/aromatic N) is 2. The minimum atomic E-state index is -2.96. The first-order chi connectivity index (χ1) is 32.6. The Morgan fingerprint density at radius 1 is 0.786 bits per heavy atom. The Hall–Kier alpha value is -6.22. The first kappa shape index (κ1) is 53.1. The number of fused-ring (bicyclic) bond motifs is 5. The Labute approximate surface area is 404 Å². The van der Waals surface area contributed by atoms with Crippen molar-refractivity contribution >= 4 is 47.8 Å². The zero-order chi connectivity index (χ0) is 52.2. The summed E-state index contributed by atoms with van der Waals surface area (Å²) >= 11 is 0. The molecular weight excluding hydrogens is 921 g/mol. The number of aryl methyl sites for hydroxylation is 1. The van der Waals surface area contributed by atoms with Gasteiger partial charge in [-0.25, -0.2) is 9.59 Å². The maximum atomic E-state index is 14.9. The highest BCUT2D eigenvalue weighted by Gasteiger charge is 2.92. The third-order valence-corrected chi connectivity index (χ3v) is 14.0. The number of aliphatic hydroxyl groups is 1. The van der Waals surface area contributed by atoms with Crippen molar-refractivity contribution in [1.82, 2.24) is 9.55 Å². The number of hydrogen-bond acceptors (Lipinski definition) is 20. The largest absolute Gasteiger partial charge is 0.464 e. The lowest BCUT2D eigenvalue weighted by molar-refractivity contribution is -0.386. The highest BCUT2D eigenvalue weighted by molar-refractivity contribution is 5.91. The van der Waals surface area contributed by atoms with Gasteiger partial charge in [-0.05, 0) is 37.5 Å². The van der Waals surface area contributed by atoms with Crippen molar-refractivity contribution in [2.24, 2.45) is 42.1 Å². The number of hydrogen-bond donors (Lipinski definition) is 1. The lowest BCUT2D eigenvalue weighted by Crippen LogP contribution is -2.89. The Balaban J connectivity index is 1.85. The van der Waals surface area contributed by atoms with Gasteiger partial charge in [0.2, 0.25) is 5.56 Å². The van der Waals surface area contributed by atoms with Crippen LogP contribution in [-0.4, -0.2) is 129 Å². The molecule has 4 heterocycles. The fraction of sp³-hybridized carbons (Fsp3) is 0.633. The van der Waals surface area contributed by atoms with Crippen LogP contribution in [0.3, 0.4) is 0 Å². The molecule has 1 spiro atoms. The third-order valence-electron chi connectivity index (χ3n) is 14.0. The van der Waals surface area contributed by atoms with Crippen molar-refractivity contribution in [3.63, 3.8) is 0 Å². The normalized spacial score (nSPS) is 33.5. The topological polar surface area (TPSA) is 275 Å². The van der Waals surface area contributed by atoms with E-state index in [-0.39, 0.29) is 16.7 Å². The van der Waals surface area contributed by atoms with Crippen molar-refractivity contribution in [3.8, 4) is 0 Å². The van der Waals surface area contributed by atoms with Crippen LogP contribution in [0.1, 0.15) is 115 Å².